The predicted octanol–water partition coefficient (Wildman–Crippen LogP) is 4.25. The highest BCUT2D eigenvalue weighted by Gasteiger charge is 2.28. The molecule has 6 rings (SSSR count). The zero-order valence-electron chi connectivity index (χ0n) is 19.5. The number of nitrogens with zero attached hydrogens (tertiary/aromatic N) is 2. The summed E-state index contributed by atoms with van der Waals surface area (Å²) in [6.45, 7) is 3.02. The van der Waals surface area contributed by atoms with Crippen LogP contribution in [0.15, 0.2) is 76.0 Å². The number of hydrogen-bond donors (Lipinski definition) is 1. The van der Waals surface area contributed by atoms with E-state index in [2.05, 4.69) is 21.2 Å². The van der Waals surface area contributed by atoms with E-state index in [-0.39, 0.29) is 24.8 Å². The number of fused-ring (bicyclic) bond motifs is 2. The van der Waals surface area contributed by atoms with Crippen molar-refractivity contribution >= 4 is 32.6 Å². The van der Waals surface area contributed by atoms with E-state index in [1.807, 2.05) is 71.6 Å². The molecular formula is C28H24BrN3O4. The van der Waals surface area contributed by atoms with Gasteiger partial charge in [0.1, 0.15) is 5.69 Å². The van der Waals surface area contributed by atoms with Crippen LogP contribution >= 0.6 is 15.9 Å². The first kappa shape index (κ1) is 22.8. The minimum Gasteiger partial charge on any atom is -0.454 e. The van der Waals surface area contributed by atoms with Crippen LogP contribution in [0.25, 0.3) is 21.9 Å². The average Bonchev–Trinajstić information content (AvgIpc) is 3.38. The average molecular weight is 546 g/mol. The smallest absolute Gasteiger partial charge is 0.271 e. The van der Waals surface area contributed by atoms with Crippen molar-refractivity contribution in [3.63, 3.8) is 0 Å². The zero-order valence-corrected chi connectivity index (χ0v) is 21.1. The van der Waals surface area contributed by atoms with Crippen LogP contribution in [0.3, 0.4) is 0 Å². The number of benzene rings is 3. The molecule has 3 heterocycles. The van der Waals surface area contributed by atoms with Gasteiger partial charge in [-0.15, -0.1) is 0 Å². The van der Waals surface area contributed by atoms with Crippen LogP contribution < -0.4 is 20.3 Å². The minimum atomic E-state index is -0.201. The molecule has 1 N–H and O–H groups in total. The maximum Gasteiger partial charge on any atom is 0.271 e. The van der Waals surface area contributed by atoms with Crippen LogP contribution in [-0.2, 0) is 6.54 Å². The number of hydrogen-bond acceptors (Lipinski definition) is 5. The number of rotatable bonds is 4. The predicted molar refractivity (Wildman–Crippen MR) is 142 cm³/mol. The first-order valence-electron chi connectivity index (χ1n) is 11.9. The van der Waals surface area contributed by atoms with Crippen LogP contribution in [0.4, 0.5) is 0 Å². The maximum absolute atomic E-state index is 14.2. The van der Waals surface area contributed by atoms with Crippen molar-refractivity contribution in [2.75, 3.05) is 33.0 Å². The monoisotopic (exact) mass is 545 g/mol. The van der Waals surface area contributed by atoms with Crippen molar-refractivity contribution in [3.05, 3.63) is 92.8 Å². The lowest BCUT2D eigenvalue weighted by molar-refractivity contribution is 0.0725. The highest BCUT2D eigenvalue weighted by molar-refractivity contribution is 9.10. The van der Waals surface area contributed by atoms with Gasteiger partial charge >= 0.3 is 0 Å². The molecule has 7 nitrogen and oxygen atoms in total. The van der Waals surface area contributed by atoms with Crippen molar-refractivity contribution in [1.29, 1.82) is 0 Å². The molecule has 0 bridgehead atoms. The summed E-state index contributed by atoms with van der Waals surface area (Å²) in [5, 5.41) is 4.62. The summed E-state index contributed by atoms with van der Waals surface area (Å²) in [5.41, 5.74) is 2.70. The van der Waals surface area contributed by atoms with Crippen molar-refractivity contribution in [2.45, 2.75) is 6.54 Å². The van der Waals surface area contributed by atoms with E-state index >= 15 is 0 Å². The normalized spacial score (nSPS) is 14.9. The second-order valence-electron chi connectivity index (χ2n) is 8.90. The Labute approximate surface area is 216 Å². The second kappa shape index (κ2) is 9.44. The van der Waals surface area contributed by atoms with Gasteiger partial charge < -0.3 is 19.7 Å². The number of piperazine rings is 1. The Kier molecular flexibility index (Phi) is 5.99. The number of nitrogens with one attached hydrogen (secondary N) is 1. The lowest BCUT2D eigenvalue weighted by Gasteiger charge is -2.30. The number of carbonyl (C=O) groups excluding carboxylic acids is 1. The number of amides is 1. The summed E-state index contributed by atoms with van der Waals surface area (Å²) in [4.78, 5) is 30.0. The summed E-state index contributed by atoms with van der Waals surface area (Å²) in [6.07, 6.45) is 0. The van der Waals surface area contributed by atoms with Gasteiger partial charge in [-0.3, -0.25) is 14.2 Å². The van der Waals surface area contributed by atoms with Crippen LogP contribution in [0.2, 0.25) is 0 Å². The van der Waals surface area contributed by atoms with Crippen molar-refractivity contribution < 1.29 is 14.3 Å². The second-order valence-corrected chi connectivity index (χ2v) is 9.82. The molecule has 0 radical (unpaired) electrons. The fraction of sp³-hybridized carbons (Fsp3) is 0.214. The van der Waals surface area contributed by atoms with Gasteiger partial charge in [0.25, 0.3) is 11.5 Å². The fourth-order valence-electron chi connectivity index (χ4n) is 4.93. The van der Waals surface area contributed by atoms with Gasteiger partial charge in [0.05, 0.1) is 6.54 Å². The number of ether oxygens (including phenoxy) is 2. The molecule has 0 unspecified atom stereocenters. The highest BCUT2D eigenvalue weighted by atomic mass is 79.9. The maximum atomic E-state index is 14.2. The lowest BCUT2D eigenvalue weighted by atomic mass is 9.95. The minimum absolute atomic E-state index is 0.143. The van der Waals surface area contributed by atoms with Gasteiger partial charge in [-0.05, 0) is 46.8 Å². The topological polar surface area (TPSA) is 72.8 Å². The number of pyridine rings is 1. The SMILES string of the molecule is O=C(c1c(-c2ccccc2)c2cc(Br)ccc2c(=O)n1Cc1ccc2c(c1)OCO2)N1CCNCC1. The van der Waals surface area contributed by atoms with Crippen LogP contribution in [0.1, 0.15) is 16.1 Å². The molecule has 0 atom stereocenters. The first-order valence-corrected chi connectivity index (χ1v) is 12.7. The zero-order chi connectivity index (χ0) is 24.6. The lowest BCUT2D eigenvalue weighted by Crippen LogP contribution is -2.47. The number of halogens is 1. The Morgan fingerprint density at radius 3 is 2.50 bits per heavy atom. The van der Waals surface area contributed by atoms with Gasteiger partial charge in [0, 0.05) is 41.6 Å². The van der Waals surface area contributed by atoms with E-state index in [1.54, 1.807) is 4.57 Å². The molecule has 8 heteroatoms. The Bertz CT molecular complexity index is 1530. The fourth-order valence-corrected chi connectivity index (χ4v) is 5.29. The molecular weight excluding hydrogens is 522 g/mol. The molecule has 2 aliphatic heterocycles. The Hall–Kier alpha value is -3.62. The van der Waals surface area contributed by atoms with E-state index < -0.39 is 0 Å². The molecule has 182 valence electrons. The molecule has 1 saturated heterocycles. The van der Waals surface area contributed by atoms with Crippen molar-refractivity contribution in [1.82, 2.24) is 14.8 Å². The third kappa shape index (κ3) is 4.06. The molecule has 3 aromatic carbocycles. The third-order valence-corrected chi connectivity index (χ3v) is 7.17. The largest absolute Gasteiger partial charge is 0.454 e. The highest BCUT2D eigenvalue weighted by Crippen LogP contribution is 2.35. The van der Waals surface area contributed by atoms with Gasteiger partial charge in [-0.2, -0.15) is 0 Å². The summed E-state index contributed by atoms with van der Waals surface area (Å²) in [7, 11) is 0. The van der Waals surface area contributed by atoms with Gasteiger partial charge in [-0.1, -0.05) is 52.3 Å². The molecule has 1 amide bonds. The van der Waals surface area contributed by atoms with Gasteiger partial charge in [0.2, 0.25) is 6.79 Å². The Balaban J connectivity index is 1.63. The molecule has 4 aromatic rings. The summed E-state index contributed by atoms with van der Waals surface area (Å²) < 4.78 is 13.5. The van der Waals surface area contributed by atoms with E-state index in [1.165, 1.54) is 0 Å². The van der Waals surface area contributed by atoms with E-state index in [0.29, 0.717) is 35.7 Å². The summed E-state index contributed by atoms with van der Waals surface area (Å²) >= 11 is 3.56. The van der Waals surface area contributed by atoms with Crippen LogP contribution in [0.5, 0.6) is 11.5 Å². The molecule has 1 aromatic heterocycles. The summed E-state index contributed by atoms with van der Waals surface area (Å²) in [5.74, 6) is 1.18. The van der Waals surface area contributed by atoms with Crippen LogP contribution in [0, 0.1) is 0 Å². The quantitative estimate of drug-likeness (QED) is 0.415. The molecule has 1 fully saturated rings. The van der Waals surface area contributed by atoms with Gasteiger partial charge in [0.15, 0.2) is 11.5 Å². The Morgan fingerprint density at radius 2 is 1.69 bits per heavy atom. The van der Waals surface area contributed by atoms with E-state index in [4.69, 9.17) is 9.47 Å². The third-order valence-electron chi connectivity index (χ3n) is 6.68. The van der Waals surface area contributed by atoms with E-state index in [9.17, 15) is 9.59 Å². The van der Waals surface area contributed by atoms with Crippen molar-refractivity contribution in [2.24, 2.45) is 0 Å². The standard InChI is InChI=1S/C28H24BrN3O4/c29-20-7-8-21-22(15-20)25(19-4-2-1-3-5-19)26(28(34)31-12-10-30-11-13-31)32(27(21)33)16-18-6-9-23-24(14-18)36-17-35-23/h1-9,14-15,30H,10-13,16-17H2. The molecule has 2 aliphatic rings. The summed E-state index contributed by atoms with van der Waals surface area (Å²) in [6, 6.07) is 21.1. The molecule has 0 aliphatic carbocycles. The number of carbonyl (C=O) groups is 1. The first-order chi connectivity index (χ1) is 17.6. The number of aromatic nitrogens is 1. The van der Waals surface area contributed by atoms with Gasteiger partial charge in [-0.25, -0.2) is 0 Å². The molecule has 0 spiro atoms. The molecule has 0 saturated carbocycles. The van der Waals surface area contributed by atoms with Crippen LogP contribution in [-0.4, -0.2) is 48.3 Å². The van der Waals surface area contributed by atoms with E-state index in [0.717, 1.165) is 39.6 Å². The Morgan fingerprint density at radius 1 is 0.917 bits per heavy atom. The molecule has 36 heavy (non-hydrogen) atoms. The van der Waals surface area contributed by atoms with Crippen molar-refractivity contribution in [3.8, 4) is 22.6 Å².